The summed E-state index contributed by atoms with van der Waals surface area (Å²) in [7, 11) is -4.00. The Labute approximate surface area is 96.3 Å². The van der Waals surface area contributed by atoms with Crippen LogP contribution in [0.2, 0.25) is 0 Å². The van der Waals surface area contributed by atoms with Crippen molar-refractivity contribution in [1.82, 2.24) is 0 Å². The van der Waals surface area contributed by atoms with Crippen LogP contribution in [0, 0.1) is 11.6 Å². The molecule has 1 aromatic carbocycles. The van der Waals surface area contributed by atoms with Crippen molar-refractivity contribution < 1.29 is 26.2 Å². The highest BCUT2D eigenvalue weighted by Gasteiger charge is 2.26. The van der Waals surface area contributed by atoms with E-state index in [0.717, 1.165) is 12.1 Å². The number of halogens is 2. The van der Waals surface area contributed by atoms with Crippen molar-refractivity contribution in [3.8, 4) is 0 Å². The van der Waals surface area contributed by atoms with Gasteiger partial charge in [0, 0.05) is 11.6 Å². The van der Waals surface area contributed by atoms with Crippen molar-refractivity contribution in [3.63, 3.8) is 0 Å². The average Bonchev–Trinajstić information content (AvgIpc) is 2.13. The van der Waals surface area contributed by atoms with Gasteiger partial charge in [0.25, 0.3) is 16.0 Å². The second-order valence-corrected chi connectivity index (χ2v) is 4.85. The minimum atomic E-state index is -4.00. The lowest BCUT2D eigenvalue weighted by atomic mass is 10.1. The average molecular weight is 265 g/mol. The normalized spacial score (nSPS) is 13.4. The fraction of sp³-hybridized carbons (Fsp3) is 0.222. The lowest BCUT2D eigenvalue weighted by Gasteiger charge is -2.13. The number of carbonyl (C=O) groups is 1. The molecule has 0 aliphatic rings. The summed E-state index contributed by atoms with van der Waals surface area (Å²) >= 11 is 0. The molecule has 8 heteroatoms. The van der Waals surface area contributed by atoms with Crippen LogP contribution < -0.4 is 5.73 Å². The van der Waals surface area contributed by atoms with E-state index in [1.807, 2.05) is 0 Å². The predicted molar refractivity (Wildman–Crippen MR) is 54.2 cm³/mol. The van der Waals surface area contributed by atoms with Gasteiger partial charge in [0.1, 0.15) is 11.6 Å². The Kier molecular flexibility index (Phi) is 3.79. The molecule has 0 fully saturated rings. The molecule has 2 N–H and O–H groups in total. The molecule has 0 aliphatic carbocycles. The lowest BCUT2D eigenvalue weighted by Crippen LogP contribution is -2.26. The van der Waals surface area contributed by atoms with Gasteiger partial charge in [-0.05, 0) is 12.1 Å². The minimum absolute atomic E-state index is 0.440. The highest BCUT2D eigenvalue weighted by atomic mass is 32.2. The molecule has 1 rings (SSSR count). The fourth-order valence-corrected chi connectivity index (χ4v) is 1.69. The van der Waals surface area contributed by atoms with Crippen molar-refractivity contribution in [2.75, 3.05) is 6.26 Å². The molecule has 0 aliphatic heterocycles. The van der Waals surface area contributed by atoms with E-state index in [4.69, 9.17) is 5.73 Å². The van der Waals surface area contributed by atoms with Crippen LogP contribution in [0.1, 0.15) is 11.7 Å². The Balaban J connectivity index is 3.19. The van der Waals surface area contributed by atoms with Gasteiger partial charge in [-0.25, -0.2) is 8.78 Å². The molecule has 17 heavy (non-hydrogen) atoms. The first-order chi connectivity index (χ1) is 7.70. The van der Waals surface area contributed by atoms with Gasteiger partial charge in [-0.1, -0.05) is 0 Å². The molecule has 94 valence electrons. The molecule has 1 aromatic rings. The minimum Gasteiger partial charge on any atom is -0.367 e. The second-order valence-electron chi connectivity index (χ2n) is 3.25. The summed E-state index contributed by atoms with van der Waals surface area (Å²) in [6, 6.07) is 2.25. The van der Waals surface area contributed by atoms with E-state index in [1.165, 1.54) is 0 Å². The van der Waals surface area contributed by atoms with Gasteiger partial charge in [-0.2, -0.15) is 8.42 Å². The van der Waals surface area contributed by atoms with Crippen LogP contribution in [0.25, 0.3) is 0 Å². The molecule has 0 saturated heterocycles. The third-order valence-electron chi connectivity index (χ3n) is 1.77. The molecule has 0 spiro atoms. The molecule has 0 radical (unpaired) electrons. The van der Waals surface area contributed by atoms with E-state index in [1.54, 1.807) is 0 Å². The molecular formula is C9H9F2NO4S. The van der Waals surface area contributed by atoms with Gasteiger partial charge >= 0.3 is 0 Å². The number of amides is 1. The largest absolute Gasteiger partial charge is 0.367 e. The molecule has 5 nitrogen and oxygen atoms in total. The highest BCUT2D eigenvalue weighted by molar-refractivity contribution is 7.86. The topological polar surface area (TPSA) is 86.5 Å². The van der Waals surface area contributed by atoms with Gasteiger partial charge < -0.3 is 5.73 Å². The number of primary amides is 1. The Bertz CT molecular complexity index is 544. The first kappa shape index (κ1) is 13.5. The summed E-state index contributed by atoms with van der Waals surface area (Å²) in [5.41, 5.74) is 4.45. The Hall–Kier alpha value is -1.54. The SMILES string of the molecule is CS(=O)(=O)OC(C(N)=O)c1ccc(F)cc1F. The van der Waals surface area contributed by atoms with Crippen LogP contribution in [-0.4, -0.2) is 20.6 Å². The standard InChI is InChI=1S/C9H9F2NO4S/c1-17(14,15)16-8(9(12)13)6-3-2-5(10)4-7(6)11/h2-4,8H,1H3,(H2,12,13). The van der Waals surface area contributed by atoms with Crippen LogP contribution in [0.3, 0.4) is 0 Å². The molecule has 1 unspecified atom stereocenters. The first-order valence-corrected chi connectivity index (χ1v) is 6.15. The predicted octanol–water partition coefficient (Wildman–Crippen LogP) is 0.467. The lowest BCUT2D eigenvalue weighted by molar-refractivity contribution is -0.124. The second kappa shape index (κ2) is 4.76. The van der Waals surface area contributed by atoms with Crippen molar-refractivity contribution in [2.24, 2.45) is 5.73 Å². The van der Waals surface area contributed by atoms with Gasteiger partial charge in [0.15, 0.2) is 6.10 Å². The van der Waals surface area contributed by atoms with Crippen LogP contribution in [0.4, 0.5) is 8.78 Å². The molecule has 1 amide bonds. The molecule has 1 atom stereocenters. The summed E-state index contributed by atoms with van der Waals surface area (Å²) in [5, 5.41) is 0. The van der Waals surface area contributed by atoms with E-state index in [9.17, 15) is 22.0 Å². The number of rotatable bonds is 4. The maximum Gasteiger partial charge on any atom is 0.265 e. The fourth-order valence-electron chi connectivity index (χ4n) is 1.14. The first-order valence-electron chi connectivity index (χ1n) is 4.33. The number of carbonyl (C=O) groups excluding carboxylic acids is 1. The van der Waals surface area contributed by atoms with Crippen LogP contribution in [-0.2, 0) is 19.1 Å². The molecule has 0 saturated carbocycles. The number of benzene rings is 1. The van der Waals surface area contributed by atoms with E-state index in [-0.39, 0.29) is 0 Å². The van der Waals surface area contributed by atoms with Gasteiger partial charge in [0.2, 0.25) is 0 Å². The summed E-state index contributed by atoms with van der Waals surface area (Å²) < 4.78 is 52.0. The number of nitrogens with two attached hydrogens (primary N) is 1. The molecule has 0 bridgehead atoms. The van der Waals surface area contributed by atoms with Gasteiger partial charge in [-0.3, -0.25) is 8.98 Å². The number of hydrogen-bond donors (Lipinski definition) is 1. The van der Waals surface area contributed by atoms with Crippen LogP contribution in [0.5, 0.6) is 0 Å². The molecule has 0 heterocycles. The Morgan fingerprint density at radius 2 is 2.00 bits per heavy atom. The van der Waals surface area contributed by atoms with E-state index in [2.05, 4.69) is 4.18 Å². The van der Waals surface area contributed by atoms with Gasteiger partial charge in [0.05, 0.1) is 6.26 Å². The monoisotopic (exact) mass is 265 g/mol. The summed E-state index contributed by atoms with van der Waals surface area (Å²) in [6.07, 6.45) is -1.13. The molecular weight excluding hydrogens is 256 g/mol. The summed E-state index contributed by atoms with van der Waals surface area (Å²) in [5.74, 6) is -3.17. The van der Waals surface area contributed by atoms with E-state index < -0.39 is 39.3 Å². The van der Waals surface area contributed by atoms with Crippen molar-refractivity contribution >= 4 is 16.0 Å². The van der Waals surface area contributed by atoms with Gasteiger partial charge in [-0.15, -0.1) is 0 Å². The van der Waals surface area contributed by atoms with E-state index >= 15 is 0 Å². The smallest absolute Gasteiger partial charge is 0.265 e. The van der Waals surface area contributed by atoms with Crippen LogP contribution >= 0.6 is 0 Å². The zero-order valence-corrected chi connectivity index (χ0v) is 9.50. The maximum absolute atomic E-state index is 13.3. The third kappa shape index (κ3) is 3.75. The molecule has 0 aromatic heterocycles. The quantitative estimate of drug-likeness (QED) is 0.801. The van der Waals surface area contributed by atoms with Crippen molar-refractivity contribution in [3.05, 3.63) is 35.4 Å². The van der Waals surface area contributed by atoms with Crippen molar-refractivity contribution in [1.29, 1.82) is 0 Å². The highest BCUT2D eigenvalue weighted by Crippen LogP contribution is 2.22. The summed E-state index contributed by atoms with van der Waals surface area (Å²) in [4.78, 5) is 11.0. The van der Waals surface area contributed by atoms with Crippen LogP contribution in [0.15, 0.2) is 18.2 Å². The zero-order chi connectivity index (χ0) is 13.2. The third-order valence-corrected chi connectivity index (χ3v) is 2.32. The zero-order valence-electron chi connectivity index (χ0n) is 8.68. The van der Waals surface area contributed by atoms with Crippen molar-refractivity contribution in [2.45, 2.75) is 6.10 Å². The Morgan fingerprint density at radius 1 is 1.41 bits per heavy atom. The number of hydrogen-bond acceptors (Lipinski definition) is 4. The van der Waals surface area contributed by atoms with E-state index in [0.29, 0.717) is 12.3 Å². The summed E-state index contributed by atoms with van der Waals surface area (Å²) in [6.45, 7) is 0. The maximum atomic E-state index is 13.3. The Morgan fingerprint density at radius 3 is 2.41 bits per heavy atom.